The Bertz CT molecular complexity index is 694. The monoisotopic (exact) mass is 253 g/mol. The van der Waals surface area contributed by atoms with Crippen LogP contribution in [0.1, 0.15) is 25.3 Å². The highest BCUT2D eigenvalue weighted by molar-refractivity contribution is 6.27. The zero-order valence-corrected chi connectivity index (χ0v) is 10.7. The molecule has 0 radical (unpaired) electrons. The molecule has 1 aromatic carbocycles. The number of fused-ring (bicyclic) bond motifs is 1. The van der Waals surface area contributed by atoms with E-state index in [-0.39, 0.29) is 5.91 Å². The molecule has 0 unspecified atom stereocenters. The molecule has 19 heavy (non-hydrogen) atoms. The number of aromatic amines is 1. The van der Waals surface area contributed by atoms with Crippen molar-refractivity contribution < 1.29 is 4.79 Å². The van der Waals surface area contributed by atoms with Gasteiger partial charge in [-0.2, -0.15) is 5.10 Å². The number of H-pyrrole nitrogens is 1. The Morgan fingerprint density at radius 2 is 2.16 bits per heavy atom. The van der Waals surface area contributed by atoms with Gasteiger partial charge in [0.15, 0.2) is 0 Å². The molecule has 1 aliphatic heterocycles. The van der Waals surface area contributed by atoms with Crippen molar-refractivity contribution >= 4 is 28.6 Å². The van der Waals surface area contributed by atoms with E-state index >= 15 is 0 Å². The number of hydrogen-bond acceptors (Lipinski definition) is 2. The largest absolute Gasteiger partial charge is 0.361 e. The number of hydrogen-bond donors (Lipinski definition) is 2. The highest BCUT2D eigenvalue weighted by Crippen LogP contribution is 2.22. The van der Waals surface area contributed by atoms with E-state index in [0.717, 1.165) is 35.0 Å². The molecule has 0 bridgehead atoms. The molecule has 2 N–H and O–H groups in total. The van der Waals surface area contributed by atoms with Gasteiger partial charge in [-0.15, -0.1) is 0 Å². The summed E-state index contributed by atoms with van der Waals surface area (Å²) in [6.07, 6.45) is 5.62. The summed E-state index contributed by atoms with van der Waals surface area (Å²) in [4.78, 5) is 15.0. The van der Waals surface area contributed by atoms with Gasteiger partial charge in [0, 0.05) is 22.7 Å². The van der Waals surface area contributed by atoms with Gasteiger partial charge in [0.05, 0.1) is 11.3 Å². The van der Waals surface area contributed by atoms with Crippen LogP contribution >= 0.6 is 0 Å². The molecule has 4 heteroatoms. The maximum absolute atomic E-state index is 11.8. The molecule has 0 atom stereocenters. The third kappa shape index (κ3) is 2.05. The highest BCUT2D eigenvalue weighted by Gasteiger charge is 2.21. The summed E-state index contributed by atoms with van der Waals surface area (Å²) in [7, 11) is 0. The van der Waals surface area contributed by atoms with E-state index in [1.165, 1.54) is 0 Å². The fourth-order valence-electron chi connectivity index (χ4n) is 2.31. The van der Waals surface area contributed by atoms with Crippen LogP contribution in [0, 0.1) is 0 Å². The predicted molar refractivity (Wildman–Crippen MR) is 76.8 cm³/mol. The van der Waals surface area contributed by atoms with E-state index in [1.807, 2.05) is 36.5 Å². The van der Waals surface area contributed by atoms with Gasteiger partial charge >= 0.3 is 0 Å². The van der Waals surface area contributed by atoms with Gasteiger partial charge in [0.1, 0.15) is 0 Å². The molecule has 4 nitrogen and oxygen atoms in total. The van der Waals surface area contributed by atoms with Crippen LogP contribution in [0.3, 0.4) is 0 Å². The quantitative estimate of drug-likeness (QED) is 0.812. The van der Waals surface area contributed by atoms with Gasteiger partial charge in [0.2, 0.25) is 0 Å². The first-order chi connectivity index (χ1) is 9.29. The number of hydrazone groups is 1. The lowest BCUT2D eigenvalue weighted by Crippen LogP contribution is -2.13. The average molecular weight is 253 g/mol. The Morgan fingerprint density at radius 3 is 3.00 bits per heavy atom. The smallest absolute Gasteiger partial charge is 0.273 e. The van der Waals surface area contributed by atoms with Crippen LogP contribution in [0.15, 0.2) is 41.1 Å². The lowest BCUT2D eigenvalue weighted by Gasteiger charge is -1.98. The molecule has 0 saturated heterocycles. The van der Waals surface area contributed by atoms with E-state index < -0.39 is 0 Å². The summed E-state index contributed by atoms with van der Waals surface area (Å²) in [5.74, 6) is -0.117. The molecule has 0 saturated carbocycles. The number of nitrogens with zero attached hydrogens (tertiary/aromatic N) is 1. The topological polar surface area (TPSA) is 57.2 Å². The van der Waals surface area contributed by atoms with Crippen molar-refractivity contribution in [3.8, 4) is 0 Å². The van der Waals surface area contributed by atoms with Crippen LogP contribution in [-0.4, -0.2) is 16.6 Å². The summed E-state index contributed by atoms with van der Waals surface area (Å²) in [6, 6.07) is 8.05. The number of benzene rings is 1. The van der Waals surface area contributed by atoms with Gasteiger partial charge in [-0.05, 0) is 18.6 Å². The normalized spacial score (nSPS) is 17.0. The third-order valence-corrected chi connectivity index (χ3v) is 3.26. The van der Waals surface area contributed by atoms with E-state index in [9.17, 15) is 4.79 Å². The number of rotatable bonds is 3. The van der Waals surface area contributed by atoms with Crippen molar-refractivity contribution in [1.29, 1.82) is 0 Å². The van der Waals surface area contributed by atoms with Crippen molar-refractivity contribution in [2.75, 3.05) is 0 Å². The Balaban J connectivity index is 2.05. The van der Waals surface area contributed by atoms with Gasteiger partial charge in [-0.1, -0.05) is 31.5 Å². The molecule has 0 aliphatic carbocycles. The first-order valence-corrected chi connectivity index (χ1v) is 6.44. The van der Waals surface area contributed by atoms with Gasteiger partial charge in [0.25, 0.3) is 5.91 Å². The minimum Gasteiger partial charge on any atom is -0.361 e. The first-order valence-electron chi connectivity index (χ1n) is 6.44. The van der Waals surface area contributed by atoms with Gasteiger partial charge in [-0.25, -0.2) is 5.43 Å². The molecule has 96 valence electrons. The molecule has 0 spiro atoms. The maximum atomic E-state index is 11.8. The number of nitrogens with one attached hydrogen (secondary N) is 2. The zero-order valence-electron chi connectivity index (χ0n) is 10.7. The lowest BCUT2D eigenvalue weighted by molar-refractivity contribution is -0.116. The van der Waals surface area contributed by atoms with Gasteiger partial charge in [-0.3, -0.25) is 4.79 Å². The molecule has 3 rings (SSSR count). The molecule has 2 aromatic rings. The summed E-state index contributed by atoms with van der Waals surface area (Å²) in [5, 5.41) is 5.20. The van der Waals surface area contributed by atoms with Crippen LogP contribution in [-0.2, 0) is 4.79 Å². The number of carbonyl (C=O) groups excluding carboxylic acids is 1. The SMILES string of the molecule is CCCC1=NNC(=O)C1=Cc1c[nH]c2ccccc12. The Hall–Kier alpha value is -2.36. The molecular weight excluding hydrogens is 238 g/mol. The minimum atomic E-state index is -0.117. The van der Waals surface area contributed by atoms with E-state index in [0.29, 0.717) is 5.57 Å². The maximum Gasteiger partial charge on any atom is 0.273 e. The van der Waals surface area contributed by atoms with Crippen LogP contribution in [0.25, 0.3) is 17.0 Å². The van der Waals surface area contributed by atoms with E-state index in [2.05, 4.69) is 22.4 Å². The van der Waals surface area contributed by atoms with Gasteiger partial charge < -0.3 is 4.98 Å². The average Bonchev–Trinajstić information content (AvgIpc) is 2.98. The number of amides is 1. The van der Waals surface area contributed by atoms with Crippen LogP contribution in [0.5, 0.6) is 0 Å². The molecule has 1 amide bonds. The fraction of sp³-hybridized carbons (Fsp3) is 0.200. The number of para-hydroxylation sites is 1. The fourth-order valence-corrected chi connectivity index (χ4v) is 2.31. The van der Waals surface area contributed by atoms with Crippen molar-refractivity contribution in [3.05, 3.63) is 41.6 Å². The molecule has 0 fully saturated rings. The van der Waals surface area contributed by atoms with E-state index in [1.54, 1.807) is 0 Å². The summed E-state index contributed by atoms with van der Waals surface area (Å²) in [6.45, 7) is 2.08. The molecular formula is C15H15N3O. The predicted octanol–water partition coefficient (Wildman–Crippen LogP) is 2.84. The standard InChI is InChI=1S/C15H15N3O/c1-2-5-14-12(15(19)18-17-14)8-10-9-16-13-7-4-3-6-11(10)13/h3-4,6-9,16H,2,5H2,1H3,(H,18,19). The second kappa shape index (κ2) is 4.72. The number of aromatic nitrogens is 1. The second-order valence-electron chi connectivity index (χ2n) is 4.60. The summed E-state index contributed by atoms with van der Waals surface area (Å²) >= 11 is 0. The molecule has 1 aliphatic rings. The summed E-state index contributed by atoms with van der Waals surface area (Å²) < 4.78 is 0. The Morgan fingerprint density at radius 1 is 1.32 bits per heavy atom. The van der Waals surface area contributed by atoms with Crippen molar-refractivity contribution in [3.63, 3.8) is 0 Å². The number of carbonyl (C=O) groups is 1. The van der Waals surface area contributed by atoms with Crippen LogP contribution in [0.4, 0.5) is 0 Å². The third-order valence-electron chi connectivity index (χ3n) is 3.26. The van der Waals surface area contributed by atoms with Crippen molar-refractivity contribution in [2.45, 2.75) is 19.8 Å². The highest BCUT2D eigenvalue weighted by atomic mass is 16.2. The van der Waals surface area contributed by atoms with Crippen molar-refractivity contribution in [1.82, 2.24) is 10.4 Å². The molecule has 2 heterocycles. The van der Waals surface area contributed by atoms with E-state index in [4.69, 9.17) is 0 Å². The lowest BCUT2D eigenvalue weighted by atomic mass is 10.0. The Labute approximate surface area is 111 Å². The minimum absolute atomic E-state index is 0.117. The van der Waals surface area contributed by atoms with Crippen molar-refractivity contribution in [2.24, 2.45) is 5.10 Å². The van der Waals surface area contributed by atoms with Crippen LogP contribution < -0.4 is 5.43 Å². The first kappa shape index (κ1) is 11.7. The Kier molecular flexibility index (Phi) is 2.91. The zero-order chi connectivity index (χ0) is 13.2. The summed E-state index contributed by atoms with van der Waals surface area (Å²) in [5.41, 5.74) is 6.14. The molecule has 1 aromatic heterocycles. The second-order valence-corrected chi connectivity index (χ2v) is 4.60. The van der Waals surface area contributed by atoms with Crippen LogP contribution in [0.2, 0.25) is 0 Å².